The molecule has 3 aromatic carbocycles. The number of pyridine rings is 1. The molecule has 4 rings (SSSR count). The van der Waals surface area contributed by atoms with Gasteiger partial charge in [-0.3, -0.25) is 24.2 Å². The van der Waals surface area contributed by atoms with Crippen molar-refractivity contribution < 1.29 is 56.1 Å². The van der Waals surface area contributed by atoms with Crippen LogP contribution in [0.5, 0.6) is 5.75 Å². The van der Waals surface area contributed by atoms with Gasteiger partial charge in [0.1, 0.15) is 12.4 Å². The number of rotatable bonds is 12. The normalized spacial score (nSPS) is 11.2. The van der Waals surface area contributed by atoms with Gasteiger partial charge < -0.3 is 29.2 Å². The van der Waals surface area contributed by atoms with Crippen LogP contribution in [-0.2, 0) is 35.4 Å². The summed E-state index contributed by atoms with van der Waals surface area (Å²) < 4.78 is 60.5. The first-order valence-electron chi connectivity index (χ1n) is 16.2. The number of hydrogen-bond acceptors (Lipinski definition) is 10. The van der Waals surface area contributed by atoms with Crippen molar-refractivity contribution in [3.05, 3.63) is 113 Å². The van der Waals surface area contributed by atoms with Crippen molar-refractivity contribution in [3.8, 4) is 17.0 Å². The van der Waals surface area contributed by atoms with Crippen molar-refractivity contribution in [2.24, 2.45) is 0 Å². The first kappa shape index (κ1) is 39.5. The highest BCUT2D eigenvalue weighted by Gasteiger charge is 2.52. The minimum Gasteiger partial charge on any atom is -0.465 e. The van der Waals surface area contributed by atoms with Gasteiger partial charge in [-0.05, 0) is 68.8 Å². The summed E-state index contributed by atoms with van der Waals surface area (Å²) in [6.07, 6.45) is -5.90. The van der Waals surface area contributed by atoms with Crippen LogP contribution in [0.25, 0.3) is 11.3 Å². The van der Waals surface area contributed by atoms with E-state index in [-0.39, 0.29) is 52.6 Å². The van der Waals surface area contributed by atoms with Crippen LogP contribution in [0.2, 0.25) is 0 Å². The van der Waals surface area contributed by atoms with Crippen molar-refractivity contribution in [1.82, 2.24) is 9.88 Å². The zero-order valence-corrected chi connectivity index (χ0v) is 29.4. The van der Waals surface area contributed by atoms with E-state index in [0.717, 1.165) is 12.1 Å². The summed E-state index contributed by atoms with van der Waals surface area (Å²) >= 11 is 0. The summed E-state index contributed by atoms with van der Waals surface area (Å²) in [5, 5.41) is 2.64. The van der Waals surface area contributed by atoms with Crippen molar-refractivity contribution >= 4 is 35.6 Å². The van der Waals surface area contributed by atoms with E-state index in [1.54, 1.807) is 45.0 Å². The Labute approximate surface area is 302 Å². The Balaban J connectivity index is 1.62. The number of aromatic nitrogens is 1. The molecule has 0 atom stereocenters. The number of carbonyl (C=O) groups excluding carboxylic acids is 5. The minimum atomic E-state index is -4.56. The Morgan fingerprint density at radius 3 is 1.94 bits per heavy atom. The van der Waals surface area contributed by atoms with Gasteiger partial charge >= 0.3 is 24.3 Å². The molecule has 2 amide bonds. The molecule has 0 bridgehead atoms. The number of nitrogens with zero attached hydrogens (tertiary/aromatic N) is 2. The lowest BCUT2D eigenvalue weighted by atomic mass is 9.81. The van der Waals surface area contributed by atoms with Gasteiger partial charge in [0.05, 0.1) is 41.3 Å². The van der Waals surface area contributed by atoms with Crippen LogP contribution in [0.4, 0.5) is 23.7 Å². The summed E-state index contributed by atoms with van der Waals surface area (Å²) in [5.41, 5.74) is -2.15. The number of aryl methyl sites for hydroxylation is 1. The highest BCUT2D eigenvalue weighted by atomic mass is 19.4. The Morgan fingerprint density at radius 1 is 0.755 bits per heavy atom. The third-order valence-electron chi connectivity index (χ3n) is 7.76. The minimum absolute atomic E-state index is 0.000999. The summed E-state index contributed by atoms with van der Waals surface area (Å²) in [6, 6.07) is 18.7. The predicted molar refractivity (Wildman–Crippen MR) is 185 cm³/mol. The lowest BCUT2D eigenvalue weighted by Crippen LogP contribution is -2.50. The molecule has 12 nitrogen and oxygen atoms in total. The number of carbonyl (C=O) groups is 5. The molecule has 15 heteroatoms. The van der Waals surface area contributed by atoms with Gasteiger partial charge in [0.2, 0.25) is 5.41 Å². The van der Waals surface area contributed by atoms with Gasteiger partial charge in [0, 0.05) is 25.4 Å². The number of esters is 2. The number of anilines is 1. The lowest BCUT2D eigenvalue weighted by molar-refractivity contribution is -0.167. The van der Waals surface area contributed by atoms with Gasteiger partial charge in [-0.2, -0.15) is 13.2 Å². The van der Waals surface area contributed by atoms with E-state index in [4.69, 9.17) is 18.9 Å². The van der Waals surface area contributed by atoms with Crippen LogP contribution in [0.15, 0.2) is 84.9 Å². The maximum absolute atomic E-state index is 13.6. The van der Waals surface area contributed by atoms with E-state index in [9.17, 15) is 37.1 Å². The molecular formula is C38H36F3N3O9. The second-order valence-electron chi connectivity index (χ2n) is 11.6. The van der Waals surface area contributed by atoms with E-state index < -0.39 is 53.7 Å². The second-order valence-corrected chi connectivity index (χ2v) is 11.6. The number of alkyl halides is 3. The van der Waals surface area contributed by atoms with E-state index >= 15 is 0 Å². The summed E-state index contributed by atoms with van der Waals surface area (Å²) in [5.74, 6) is -3.55. The molecule has 0 aliphatic rings. The quantitative estimate of drug-likeness (QED) is 0.0729. The molecule has 0 saturated heterocycles. The highest BCUT2D eigenvalue weighted by molar-refractivity contribution is 6.11. The average molecular weight is 736 g/mol. The monoisotopic (exact) mass is 735 g/mol. The molecule has 4 aromatic rings. The molecule has 0 fully saturated rings. The smallest absolute Gasteiger partial charge is 0.465 e. The largest absolute Gasteiger partial charge is 0.513 e. The molecule has 278 valence electrons. The van der Waals surface area contributed by atoms with Crippen molar-refractivity contribution in [1.29, 1.82) is 0 Å². The lowest BCUT2D eigenvalue weighted by Gasteiger charge is -2.28. The molecule has 0 aliphatic heterocycles. The molecule has 0 spiro atoms. The van der Waals surface area contributed by atoms with Gasteiger partial charge in [0.25, 0.3) is 11.8 Å². The molecule has 0 radical (unpaired) electrons. The predicted octanol–water partition coefficient (Wildman–Crippen LogP) is 6.61. The van der Waals surface area contributed by atoms with Crippen LogP contribution in [0.3, 0.4) is 0 Å². The molecule has 1 aromatic heterocycles. The van der Waals surface area contributed by atoms with Crippen molar-refractivity contribution in [3.63, 3.8) is 0 Å². The van der Waals surface area contributed by atoms with Crippen molar-refractivity contribution in [2.75, 3.05) is 39.2 Å². The second kappa shape index (κ2) is 16.8. The number of amides is 2. The standard InChI is InChI=1S/C38H36F3N3O9/c1-6-50-34(47)37(35(48)51-7-2,25-11-9-8-10-12-25)22-52-36(49)53-27-18-20-30(29(21-27)33(46)44(4)5)43-32(45)28-19-13-23(3)42-31(28)24-14-16-26(17-15-24)38(39,40)41/h8-21H,6-7,22H2,1-5H3,(H,43,45). The van der Waals surface area contributed by atoms with Gasteiger partial charge in [-0.25, -0.2) is 4.79 Å². The number of ether oxygens (including phenoxy) is 4. The first-order chi connectivity index (χ1) is 25.1. The number of nitrogens with one attached hydrogen (secondary N) is 1. The zero-order chi connectivity index (χ0) is 38.9. The number of benzene rings is 3. The molecule has 0 unspecified atom stereocenters. The van der Waals surface area contributed by atoms with E-state index in [2.05, 4.69) is 10.3 Å². The van der Waals surface area contributed by atoms with Crippen LogP contribution in [0, 0.1) is 6.92 Å². The summed E-state index contributed by atoms with van der Waals surface area (Å²) in [6.45, 7) is 3.73. The fourth-order valence-corrected chi connectivity index (χ4v) is 5.12. The first-order valence-corrected chi connectivity index (χ1v) is 16.2. The third kappa shape index (κ3) is 9.16. The molecule has 53 heavy (non-hydrogen) atoms. The van der Waals surface area contributed by atoms with E-state index in [1.165, 1.54) is 67.5 Å². The fourth-order valence-electron chi connectivity index (χ4n) is 5.12. The number of halogens is 3. The van der Waals surface area contributed by atoms with Gasteiger partial charge in [0.15, 0.2) is 0 Å². The molecular weight excluding hydrogens is 699 g/mol. The van der Waals surface area contributed by atoms with Crippen LogP contribution >= 0.6 is 0 Å². The number of hydrogen-bond donors (Lipinski definition) is 1. The Hall–Kier alpha value is -6.25. The Bertz CT molecular complexity index is 1960. The zero-order valence-electron chi connectivity index (χ0n) is 29.4. The third-order valence-corrected chi connectivity index (χ3v) is 7.76. The van der Waals surface area contributed by atoms with Crippen molar-refractivity contribution in [2.45, 2.75) is 32.4 Å². The van der Waals surface area contributed by atoms with Crippen LogP contribution in [-0.4, -0.2) is 73.7 Å². The molecule has 1 N–H and O–H groups in total. The summed E-state index contributed by atoms with van der Waals surface area (Å²) in [4.78, 5) is 72.0. The van der Waals surface area contributed by atoms with E-state index in [0.29, 0.717) is 5.69 Å². The van der Waals surface area contributed by atoms with Gasteiger partial charge in [-0.1, -0.05) is 42.5 Å². The van der Waals surface area contributed by atoms with Gasteiger partial charge in [-0.15, -0.1) is 0 Å². The fraction of sp³-hybridized carbons (Fsp3) is 0.263. The van der Waals surface area contributed by atoms with Crippen LogP contribution in [0.1, 0.15) is 51.4 Å². The van der Waals surface area contributed by atoms with E-state index in [1.807, 2.05) is 0 Å². The SMILES string of the molecule is CCOC(=O)C(COC(=O)Oc1ccc(NC(=O)c2ccc(C)nc2-c2ccc(C(F)(F)F)cc2)c(C(=O)N(C)C)c1)(C(=O)OCC)c1ccccc1. The Kier molecular flexibility index (Phi) is 12.6. The molecule has 0 saturated carbocycles. The topological polar surface area (TPSA) is 150 Å². The van der Waals surface area contributed by atoms with Crippen LogP contribution < -0.4 is 10.1 Å². The maximum atomic E-state index is 13.6. The Morgan fingerprint density at radius 2 is 1.38 bits per heavy atom. The summed E-state index contributed by atoms with van der Waals surface area (Å²) in [7, 11) is 2.91. The average Bonchev–Trinajstić information content (AvgIpc) is 3.12. The highest BCUT2D eigenvalue weighted by Crippen LogP contribution is 2.33. The molecule has 0 aliphatic carbocycles. The maximum Gasteiger partial charge on any atom is 0.513 e. The molecule has 1 heterocycles.